The largest absolute Gasteiger partial charge is 0.493 e. The van der Waals surface area contributed by atoms with Crippen molar-refractivity contribution in [3.05, 3.63) is 119 Å². The van der Waals surface area contributed by atoms with Crippen LogP contribution in [0.5, 0.6) is 23.0 Å². The van der Waals surface area contributed by atoms with E-state index in [4.69, 9.17) is 18.9 Å². The first kappa shape index (κ1) is 26.9. The second kappa shape index (κ2) is 13.4. The van der Waals surface area contributed by atoms with Crippen molar-refractivity contribution in [2.75, 3.05) is 13.7 Å². The zero-order chi connectivity index (χ0) is 27.5. The first-order valence-electron chi connectivity index (χ1n) is 12.2. The van der Waals surface area contributed by atoms with Crippen molar-refractivity contribution in [1.82, 2.24) is 5.43 Å². The second-order valence-electron chi connectivity index (χ2n) is 8.49. The molecule has 0 unspecified atom stereocenters. The zero-order valence-corrected chi connectivity index (χ0v) is 21.6. The smallest absolute Gasteiger partial charge is 0.343 e. The minimum atomic E-state index is -0.490. The number of methoxy groups -OCH3 is 1. The summed E-state index contributed by atoms with van der Waals surface area (Å²) in [7, 11) is 1.47. The van der Waals surface area contributed by atoms with Gasteiger partial charge in [-0.3, -0.25) is 4.79 Å². The number of nitrogens with zero attached hydrogens (tertiary/aromatic N) is 1. The van der Waals surface area contributed by atoms with Gasteiger partial charge in [0.15, 0.2) is 18.1 Å². The lowest BCUT2D eigenvalue weighted by atomic mass is 10.1. The number of amides is 1. The Labute approximate surface area is 226 Å². The van der Waals surface area contributed by atoms with Gasteiger partial charge in [-0.1, -0.05) is 48.0 Å². The molecule has 0 heterocycles. The summed E-state index contributed by atoms with van der Waals surface area (Å²) >= 11 is 0. The number of esters is 1. The number of rotatable bonds is 11. The van der Waals surface area contributed by atoms with Crippen molar-refractivity contribution in [3.8, 4) is 23.0 Å². The van der Waals surface area contributed by atoms with Crippen LogP contribution in [-0.4, -0.2) is 31.8 Å². The number of carbonyl (C=O) groups is 2. The molecule has 39 heavy (non-hydrogen) atoms. The highest BCUT2D eigenvalue weighted by atomic mass is 16.6. The Bertz CT molecular complexity index is 1420. The number of ether oxygens (including phenoxy) is 4. The highest BCUT2D eigenvalue weighted by Crippen LogP contribution is 2.28. The average molecular weight is 525 g/mol. The molecule has 0 aliphatic heterocycles. The van der Waals surface area contributed by atoms with Crippen LogP contribution in [0.3, 0.4) is 0 Å². The lowest BCUT2D eigenvalue weighted by molar-refractivity contribution is -0.123. The summed E-state index contributed by atoms with van der Waals surface area (Å²) in [6.45, 7) is 2.20. The van der Waals surface area contributed by atoms with Crippen molar-refractivity contribution in [3.63, 3.8) is 0 Å². The Morgan fingerprint density at radius 3 is 2.21 bits per heavy atom. The molecule has 0 aliphatic rings. The molecule has 4 rings (SSSR count). The fourth-order valence-electron chi connectivity index (χ4n) is 3.43. The van der Waals surface area contributed by atoms with Crippen LogP contribution in [0.4, 0.5) is 0 Å². The summed E-state index contributed by atoms with van der Waals surface area (Å²) in [5.41, 5.74) is 5.61. The Balaban J connectivity index is 1.23. The summed E-state index contributed by atoms with van der Waals surface area (Å²) in [5, 5.41) is 3.96. The van der Waals surface area contributed by atoms with Gasteiger partial charge in [0.05, 0.1) is 18.9 Å². The number of nitrogens with one attached hydrogen (secondary N) is 1. The van der Waals surface area contributed by atoms with Crippen LogP contribution in [0.2, 0.25) is 0 Å². The second-order valence-corrected chi connectivity index (χ2v) is 8.49. The van der Waals surface area contributed by atoms with Crippen molar-refractivity contribution >= 4 is 18.1 Å². The molecule has 0 saturated heterocycles. The molecular weight excluding hydrogens is 496 g/mol. The summed E-state index contributed by atoms with van der Waals surface area (Å²) in [5.74, 6) is 0.940. The van der Waals surface area contributed by atoms with E-state index in [-0.39, 0.29) is 12.4 Å². The van der Waals surface area contributed by atoms with E-state index in [1.165, 1.54) is 13.3 Å². The third-order valence-electron chi connectivity index (χ3n) is 5.52. The number of aryl methyl sites for hydroxylation is 1. The van der Waals surface area contributed by atoms with Crippen LogP contribution < -0.4 is 24.4 Å². The fraction of sp³-hybridized carbons (Fsp3) is 0.129. The number of hydrazone groups is 1. The predicted octanol–water partition coefficient (Wildman–Crippen LogP) is 5.33. The van der Waals surface area contributed by atoms with Gasteiger partial charge in [0.25, 0.3) is 5.91 Å². The molecule has 0 aromatic heterocycles. The number of hydrogen-bond acceptors (Lipinski definition) is 7. The molecule has 8 heteroatoms. The molecular formula is C31H28N2O6. The van der Waals surface area contributed by atoms with Crippen LogP contribution in [0.1, 0.15) is 27.0 Å². The Kier molecular flexibility index (Phi) is 9.28. The number of carbonyl (C=O) groups excluding carboxylic acids is 2. The van der Waals surface area contributed by atoms with E-state index >= 15 is 0 Å². The van der Waals surface area contributed by atoms with Crippen molar-refractivity contribution in [1.29, 1.82) is 0 Å². The third kappa shape index (κ3) is 8.19. The van der Waals surface area contributed by atoms with Gasteiger partial charge in [0, 0.05) is 0 Å². The molecule has 0 bridgehead atoms. The first-order valence-corrected chi connectivity index (χ1v) is 12.2. The standard InChI is InChI=1S/C31H28N2O6/c1-22-8-11-25(12-9-22)31(35)39-28-17-10-24(18-29(28)36-2)19-32-33-30(34)21-38-27-15-13-26(14-16-27)37-20-23-6-4-3-5-7-23/h3-19H,20-21H2,1-2H3,(H,33,34). The lowest BCUT2D eigenvalue weighted by Crippen LogP contribution is -2.24. The molecule has 0 radical (unpaired) electrons. The topological polar surface area (TPSA) is 95.5 Å². The van der Waals surface area contributed by atoms with Crippen molar-refractivity contribution in [2.24, 2.45) is 5.10 Å². The van der Waals surface area contributed by atoms with Crippen LogP contribution in [0.25, 0.3) is 0 Å². The van der Waals surface area contributed by atoms with Gasteiger partial charge in [-0.15, -0.1) is 0 Å². The molecule has 4 aromatic rings. The lowest BCUT2D eigenvalue weighted by Gasteiger charge is -2.10. The summed E-state index contributed by atoms with van der Waals surface area (Å²) in [6.07, 6.45) is 1.45. The normalized spacial score (nSPS) is 10.6. The molecule has 8 nitrogen and oxygen atoms in total. The monoisotopic (exact) mass is 524 g/mol. The predicted molar refractivity (Wildman–Crippen MR) is 148 cm³/mol. The maximum atomic E-state index is 12.4. The van der Waals surface area contributed by atoms with Gasteiger partial charge >= 0.3 is 5.97 Å². The highest BCUT2D eigenvalue weighted by Gasteiger charge is 2.13. The minimum absolute atomic E-state index is 0.210. The van der Waals surface area contributed by atoms with Crippen molar-refractivity contribution < 1.29 is 28.5 Å². The Morgan fingerprint density at radius 2 is 1.51 bits per heavy atom. The SMILES string of the molecule is COc1cc(C=NNC(=O)COc2ccc(OCc3ccccc3)cc2)ccc1OC(=O)c1ccc(C)cc1. The minimum Gasteiger partial charge on any atom is -0.493 e. The van der Waals surface area contributed by atoms with Gasteiger partial charge in [-0.25, -0.2) is 10.2 Å². The summed E-state index contributed by atoms with van der Waals surface area (Å²) in [4.78, 5) is 24.5. The van der Waals surface area contributed by atoms with E-state index in [9.17, 15) is 9.59 Å². The van der Waals surface area contributed by atoms with Gasteiger partial charge < -0.3 is 18.9 Å². The Hall–Kier alpha value is -5.11. The molecule has 0 saturated carbocycles. The fourth-order valence-corrected chi connectivity index (χ4v) is 3.43. The maximum Gasteiger partial charge on any atom is 0.343 e. The molecule has 0 aliphatic carbocycles. The van der Waals surface area contributed by atoms with Crippen LogP contribution in [-0.2, 0) is 11.4 Å². The highest BCUT2D eigenvalue weighted by molar-refractivity contribution is 5.91. The molecule has 0 fully saturated rings. The molecule has 1 N–H and O–H groups in total. The molecule has 1 amide bonds. The van der Waals surface area contributed by atoms with Crippen LogP contribution >= 0.6 is 0 Å². The average Bonchev–Trinajstić information content (AvgIpc) is 2.97. The molecule has 4 aromatic carbocycles. The van der Waals surface area contributed by atoms with E-state index in [0.717, 1.165) is 11.1 Å². The number of hydrogen-bond donors (Lipinski definition) is 1. The van der Waals surface area contributed by atoms with E-state index in [2.05, 4.69) is 10.5 Å². The molecule has 198 valence electrons. The molecule has 0 atom stereocenters. The number of benzene rings is 4. The van der Waals surface area contributed by atoms with Crippen LogP contribution in [0, 0.1) is 6.92 Å². The quantitative estimate of drug-likeness (QED) is 0.123. The Morgan fingerprint density at radius 1 is 0.821 bits per heavy atom. The molecule has 0 spiro atoms. The maximum absolute atomic E-state index is 12.4. The summed E-state index contributed by atoms with van der Waals surface area (Å²) < 4.78 is 22.1. The van der Waals surface area contributed by atoms with Gasteiger partial charge in [0.1, 0.15) is 18.1 Å². The first-order chi connectivity index (χ1) is 19.0. The van der Waals surface area contributed by atoms with E-state index in [1.807, 2.05) is 49.4 Å². The third-order valence-corrected chi connectivity index (χ3v) is 5.52. The van der Waals surface area contributed by atoms with Crippen molar-refractivity contribution in [2.45, 2.75) is 13.5 Å². The van der Waals surface area contributed by atoms with Gasteiger partial charge in [-0.2, -0.15) is 5.10 Å². The van der Waals surface area contributed by atoms with E-state index in [1.54, 1.807) is 54.6 Å². The van der Waals surface area contributed by atoms with Gasteiger partial charge in [-0.05, 0) is 72.6 Å². The van der Waals surface area contributed by atoms with E-state index < -0.39 is 11.9 Å². The van der Waals surface area contributed by atoms with Gasteiger partial charge in [0.2, 0.25) is 0 Å². The van der Waals surface area contributed by atoms with E-state index in [0.29, 0.717) is 35.0 Å². The zero-order valence-electron chi connectivity index (χ0n) is 21.6. The summed E-state index contributed by atoms with van der Waals surface area (Å²) in [6, 6.07) is 28.9. The van der Waals surface area contributed by atoms with Crippen LogP contribution in [0.15, 0.2) is 102 Å².